The van der Waals surface area contributed by atoms with Gasteiger partial charge in [0, 0.05) is 6.42 Å². The first-order valence-electron chi connectivity index (χ1n) is 4.77. The third-order valence-electron chi connectivity index (χ3n) is 2.96. The van der Waals surface area contributed by atoms with Crippen LogP contribution in [0.1, 0.15) is 24.0 Å². The first kappa shape index (κ1) is 7.39. The minimum Gasteiger partial charge on any atom is -0.493 e. The van der Waals surface area contributed by atoms with Crippen molar-refractivity contribution in [1.29, 1.82) is 0 Å². The van der Waals surface area contributed by atoms with Gasteiger partial charge in [-0.3, -0.25) is 0 Å². The van der Waals surface area contributed by atoms with E-state index in [4.69, 9.17) is 4.74 Å². The van der Waals surface area contributed by atoms with Gasteiger partial charge in [0.15, 0.2) is 0 Å². The molecule has 2 nitrogen and oxygen atoms in total. The SMILES string of the molecule is OC1(c2ccc3c(c2)OCC3)CC1. The predicted molar refractivity (Wildman–Crippen MR) is 48.8 cm³/mol. The number of aliphatic hydroxyl groups is 1. The van der Waals surface area contributed by atoms with Crippen LogP contribution in [0.4, 0.5) is 0 Å². The Morgan fingerprint density at radius 3 is 2.92 bits per heavy atom. The molecule has 1 heterocycles. The summed E-state index contributed by atoms with van der Waals surface area (Å²) >= 11 is 0. The summed E-state index contributed by atoms with van der Waals surface area (Å²) in [6.45, 7) is 0.789. The van der Waals surface area contributed by atoms with Crippen molar-refractivity contribution in [2.24, 2.45) is 0 Å². The highest BCUT2D eigenvalue weighted by atomic mass is 16.5. The molecule has 0 radical (unpaired) electrons. The predicted octanol–water partition coefficient (Wildman–Crippen LogP) is 1.60. The molecule has 1 saturated carbocycles. The van der Waals surface area contributed by atoms with E-state index in [-0.39, 0.29) is 0 Å². The van der Waals surface area contributed by atoms with Gasteiger partial charge in [-0.25, -0.2) is 0 Å². The Kier molecular flexibility index (Phi) is 1.29. The van der Waals surface area contributed by atoms with Crippen molar-refractivity contribution in [2.75, 3.05) is 6.61 Å². The summed E-state index contributed by atoms with van der Waals surface area (Å²) in [6, 6.07) is 6.10. The largest absolute Gasteiger partial charge is 0.493 e. The van der Waals surface area contributed by atoms with Crippen molar-refractivity contribution in [3.8, 4) is 5.75 Å². The van der Waals surface area contributed by atoms with E-state index in [1.165, 1.54) is 5.56 Å². The van der Waals surface area contributed by atoms with Gasteiger partial charge >= 0.3 is 0 Å². The third-order valence-corrected chi connectivity index (χ3v) is 2.96. The van der Waals surface area contributed by atoms with Crippen molar-refractivity contribution >= 4 is 0 Å². The zero-order valence-electron chi connectivity index (χ0n) is 7.42. The lowest BCUT2D eigenvalue weighted by Gasteiger charge is -2.09. The molecule has 1 fully saturated rings. The average molecular weight is 176 g/mol. The van der Waals surface area contributed by atoms with Crippen molar-refractivity contribution in [3.63, 3.8) is 0 Å². The van der Waals surface area contributed by atoms with E-state index in [2.05, 4.69) is 6.07 Å². The van der Waals surface area contributed by atoms with Gasteiger partial charge in [-0.1, -0.05) is 12.1 Å². The summed E-state index contributed by atoms with van der Waals surface area (Å²) in [5, 5.41) is 9.88. The van der Waals surface area contributed by atoms with Crippen LogP contribution in [0.3, 0.4) is 0 Å². The van der Waals surface area contributed by atoms with E-state index in [1.807, 2.05) is 12.1 Å². The number of hydrogen-bond donors (Lipinski definition) is 1. The molecule has 1 aromatic carbocycles. The van der Waals surface area contributed by atoms with Crippen molar-refractivity contribution in [3.05, 3.63) is 29.3 Å². The number of ether oxygens (including phenoxy) is 1. The minimum atomic E-state index is -0.527. The van der Waals surface area contributed by atoms with Gasteiger partial charge in [-0.2, -0.15) is 0 Å². The van der Waals surface area contributed by atoms with Gasteiger partial charge in [-0.05, 0) is 30.0 Å². The fourth-order valence-corrected chi connectivity index (χ4v) is 1.86. The van der Waals surface area contributed by atoms with Crippen LogP contribution in [-0.2, 0) is 12.0 Å². The number of rotatable bonds is 1. The molecule has 68 valence electrons. The average Bonchev–Trinajstić information content (AvgIpc) is 2.74. The van der Waals surface area contributed by atoms with E-state index in [9.17, 15) is 5.11 Å². The monoisotopic (exact) mass is 176 g/mol. The quantitative estimate of drug-likeness (QED) is 0.704. The van der Waals surface area contributed by atoms with E-state index in [0.717, 1.165) is 37.2 Å². The Labute approximate surface area is 77.2 Å². The molecule has 2 aliphatic rings. The van der Waals surface area contributed by atoms with E-state index in [0.29, 0.717) is 0 Å². The van der Waals surface area contributed by atoms with E-state index in [1.54, 1.807) is 0 Å². The summed E-state index contributed by atoms with van der Waals surface area (Å²) in [5.74, 6) is 0.970. The molecule has 2 heteroatoms. The maximum atomic E-state index is 9.88. The zero-order chi connectivity index (χ0) is 8.89. The molecule has 0 aromatic heterocycles. The summed E-state index contributed by atoms with van der Waals surface area (Å²) in [4.78, 5) is 0. The van der Waals surface area contributed by atoms with Crippen LogP contribution in [0.5, 0.6) is 5.75 Å². The van der Waals surface area contributed by atoms with E-state index >= 15 is 0 Å². The standard InChI is InChI=1S/C11H12O2/c12-11(4-5-11)9-2-1-8-3-6-13-10(8)7-9/h1-2,7,12H,3-6H2. The molecule has 0 saturated heterocycles. The Hall–Kier alpha value is -1.02. The van der Waals surface area contributed by atoms with Gasteiger partial charge in [0.1, 0.15) is 5.75 Å². The maximum Gasteiger partial charge on any atom is 0.123 e. The van der Waals surface area contributed by atoms with Crippen molar-refractivity contribution in [1.82, 2.24) is 0 Å². The van der Waals surface area contributed by atoms with Gasteiger partial charge in [0.05, 0.1) is 12.2 Å². The molecule has 3 rings (SSSR count). The molecule has 0 amide bonds. The summed E-state index contributed by atoms with van der Waals surface area (Å²) < 4.78 is 5.45. The molecule has 0 atom stereocenters. The lowest BCUT2D eigenvalue weighted by Crippen LogP contribution is -2.03. The van der Waals surface area contributed by atoms with Gasteiger partial charge in [-0.15, -0.1) is 0 Å². The second-order valence-corrected chi connectivity index (χ2v) is 3.95. The van der Waals surface area contributed by atoms with E-state index < -0.39 is 5.60 Å². The molecule has 1 N–H and O–H groups in total. The second kappa shape index (κ2) is 2.26. The fraction of sp³-hybridized carbons (Fsp3) is 0.455. The van der Waals surface area contributed by atoms with Crippen molar-refractivity contribution in [2.45, 2.75) is 24.9 Å². The Balaban J connectivity index is 2.05. The normalized spacial score (nSPS) is 22.2. The highest BCUT2D eigenvalue weighted by molar-refractivity contribution is 5.43. The summed E-state index contributed by atoms with van der Waals surface area (Å²) in [5.41, 5.74) is 1.77. The molecule has 0 bridgehead atoms. The van der Waals surface area contributed by atoms with Crippen LogP contribution in [0, 0.1) is 0 Å². The molecule has 1 aromatic rings. The fourth-order valence-electron chi connectivity index (χ4n) is 1.86. The Bertz CT molecular complexity index is 353. The van der Waals surface area contributed by atoms with Gasteiger partial charge in [0.25, 0.3) is 0 Å². The lowest BCUT2D eigenvalue weighted by atomic mass is 10.0. The van der Waals surface area contributed by atoms with Crippen LogP contribution in [-0.4, -0.2) is 11.7 Å². The first-order valence-corrected chi connectivity index (χ1v) is 4.77. The molecule has 0 unspecified atom stereocenters. The topological polar surface area (TPSA) is 29.5 Å². The third kappa shape index (κ3) is 1.05. The Morgan fingerprint density at radius 1 is 1.31 bits per heavy atom. The van der Waals surface area contributed by atoms with Crippen LogP contribution in [0.15, 0.2) is 18.2 Å². The molecule has 13 heavy (non-hydrogen) atoms. The van der Waals surface area contributed by atoms with Crippen LogP contribution in [0.2, 0.25) is 0 Å². The first-order chi connectivity index (χ1) is 6.28. The molecular formula is C11H12O2. The highest BCUT2D eigenvalue weighted by Crippen LogP contribution is 2.46. The molecular weight excluding hydrogens is 164 g/mol. The smallest absolute Gasteiger partial charge is 0.123 e. The summed E-state index contributed by atoms with van der Waals surface area (Å²) in [7, 11) is 0. The summed E-state index contributed by atoms with van der Waals surface area (Å²) in [6.07, 6.45) is 2.80. The minimum absolute atomic E-state index is 0.527. The maximum absolute atomic E-state index is 9.88. The van der Waals surface area contributed by atoms with Gasteiger partial charge in [0.2, 0.25) is 0 Å². The zero-order valence-corrected chi connectivity index (χ0v) is 7.42. The van der Waals surface area contributed by atoms with Crippen LogP contribution < -0.4 is 4.74 Å². The van der Waals surface area contributed by atoms with Crippen molar-refractivity contribution < 1.29 is 9.84 Å². The van der Waals surface area contributed by atoms with Gasteiger partial charge < -0.3 is 9.84 Å². The van der Waals surface area contributed by atoms with Crippen LogP contribution in [0.25, 0.3) is 0 Å². The highest BCUT2D eigenvalue weighted by Gasteiger charge is 2.42. The second-order valence-electron chi connectivity index (χ2n) is 3.95. The van der Waals surface area contributed by atoms with Crippen LogP contribution >= 0.6 is 0 Å². The number of benzene rings is 1. The number of hydrogen-bond acceptors (Lipinski definition) is 2. The molecule has 1 aliphatic carbocycles. The number of fused-ring (bicyclic) bond motifs is 1. The molecule has 1 aliphatic heterocycles. The Morgan fingerprint density at radius 2 is 2.15 bits per heavy atom. The lowest BCUT2D eigenvalue weighted by molar-refractivity contribution is 0.151. The molecule has 0 spiro atoms.